The number of amides is 2. The van der Waals surface area contributed by atoms with Crippen LogP contribution in [0.3, 0.4) is 0 Å². The van der Waals surface area contributed by atoms with Gasteiger partial charge in [-0.25, -0.2) is 0 Å². The van der Waals surface area contributed by atoms with E-state index in [0.717, 1.165) is 25.8 Å². The van der Waals surface area contributed by atoms with Crippen LogP contribution >= 0.6 is 22.9 Å². The molecule has 2 aliphatic heterocycles. The van der Waals surface area contributed by atoms with Crippen molar-refractivity contribution >= 4 is 50.7 Å². The zero-order valence-corrected chi connectivity index (χ0v) is 15.6. The van der Waals surface area contributed by atoms with Gasteiger partial charge in [0.05, 0.1) is 0 Å². The molecular formula is C17H18ClN5O2S. The highest BCUT2D eigenvalue weighted by atomic mass is 35.5. The molecule has 0 radical (unpaired) electrons. The van der Waals surface area contributed by atoms with Gasteiger partial charge in [-0.15, -0.1) is 10.2 Å². The Morgan fingerprint density at radius 3 is 2.65 bits per heavy atom. The second-order valence-corrected chi connectivity index (χ2v) is 7.73. The molecule has 0 saturated carbocycles. The summed E-state index contributed by atoms with van der Waals surface area (Å²) in [5.41, 5.74) is 0.715. The Hall–Kier alpha value is -2.19. The van der Waals surface area contributed by atoms with E-state index in [9.17, 15) is 9.59 Å². The number of carbonyl (C=O) groups excluding carboxylic acids is 2. The Bertz CT molecular complexity index is 825. The summed E-state index contributed by atoms with van der Waals surface area (Å²) < 4.78 is 0. The highest BCUT2D eigenvalue weighted by Gasteiger charge is 2.34. The van der Waals surface area contributed by atoms with Crippen molar-refractivity contribution in [3.63, 3.8) is 0 Å². The van der Waals surface area contributed by atoms with Gasteiger partial charge in [0.2, 0.25) is 22.1 Å². The summed E-state index contributed by atoms with van der Waals surface area (Å²) in [4.78, 5) is 28.2. The van der Waals surface area contributed by atoms with Crippen LogP contribution in [0.1, 0.15) is 25.7 Å². The quantitative estimate of drug-likeness (QED) is 0.866. The average Bonchev–Trinajstić information content (AvgIpc) is 3.35. The van der Waals surface area contributed by atoms with Gasteiger partial charge in [0.25, 0.3) is 0 Å². The maximum Gasteiger partial charge on any atom is 0.247 e. The predicted octanol–water partition coefficient (Wildman–Crippen LogP) is 2.93. The maximum atomic E-state index is 12.7. The third-order valence-corrected chi connectivity index (χ3v) is 5.86. The van der Waals surface area contributed by atoms with E-state index in [-0.39, 0.29) is 17.9 Å². The largest absolute Gasteiger partial charge is 0.335 e. The van der Waals surface area contributed by atoms with Crippen molar-refractivity contribution in [1.29, 1.82) is 0 Å². The lowest BCUT2D eigenvalue weighted by Gasteiger charge is -2.22. The third-order valence-electron chi connectivity index (χ3n) is 4.62. The van der Waals surface area contributed by atoms with E-state index in [1.165, 1.54) is 11.3 Å². The van der Waals surface area contributed by atoms with E-state index in [4.69, 9.17) is 11.6 Å². The first-order valence-electron chi connectivity index (χ1n) is 8.59. The summed E-state index contributed by atoms with van der Waals surface area (Å²) in [6.07, 6.45) is 3.08. The molecule has 0 aliphatic carbocycles. The summed E-state index contributed by atoms with van der Waals surface area (Å²) in [6, 6.07) is 6.76. The number of aromatic nitrogens is 2. The summed E-state index contributed by atoms with van der Waals surface area (Å²) in [6.45, 7) is 1.44. The zero-order valence-electron chi connectivity index (χ0n) is 14.0. The Morgan fingerprint density at radius 2 is 1.92 bits per heavy atom. The van der Waals surface area contributed by atoms with Crippen molar-refractivity contribution in [2.45, 2.75) is 31.7 Å². The lowest BCUT2D eigenvalue weighted by molar-refractivity contribution is -0.117. The molecule has 0 bridgehead atoms. The molecule has 7 nitrogen and oxygen atoms in total. The number of nitrogens with zero attached hydrogens (tertiary/aromatic N) is 4. The van der Waals surface area contributed by atoms with Crippen LogP contribution < -0.4 is 15.1 Å². The number of anilines is 3. The van der Waals surface area contributed by atoms with Crippen molar-refractivity contribution in [2.24, 2.45) is 0 Å². The van der Waals surface area contributed by atoms with Gasteiger partial charge >= 0.3 is 0 Å². The summed E-state index contributed by atoms with van der Waals surface area (Å²) in [5, 5.41) is 13.3. The maximum absolute atomic E-state index is 12.7. The van der Waals surface area contributed by atoms with Crippen LogP contribution in [0.4, 0.5) is 16.0 Å². The van der Waals surface area contributed by atoms with Crippen molar-refractivity contribution in [1.82, 2.24) is 10.2 Å². The van der Waals surface area contributed by atoms with Crippen LogP contribution in [0.25, 0.3) is 0 Å². The minimum atomic E-state index is -0.291. The van der Waals surface area contributed by atoms with E-state index in [1.807, 2.05) is 4.90 Å². The Balaban J connectivity index is 1.48. The molecule has 0 spiro atoms. The molecule has 0 unspecified atom stereocenters. The molecule has 136 valence electrons. The number of benzene rings is 1. The second-order valence-electron chi connectivity index (χ2n) is 6.36. The van der Waals surface area contributed by atoms with Gasteiger partial charge in [0.15, 0.2) is 0 Å². The summed E-state index contributed by atoms with van der Waals surface area (Å²) in [5.74, 6) is 0.0185. The monoisotopic (exact) mass is 391 g/mol. The minimum absolute atomic E-state index is 0.0705. The molecule has 26 heavy (non-hydrogen) atoms. The standard InChI is InChI=1S/C17H18ClN5O2S/c18-11-5-7-12(8-6-11)19-15(25)13-3-1-9-22(13)16-20-21-17(26-16)23-10-2-4-14(23)24/h5-8,13H,1-4,9-10H2,(H,19,25)/t13-/m0/s1. The van der Waals surface area contributed by atoms with Gasteiger partial charge in [0, 0.05) is 30.2 Å². The van der Waals surface area contributed by atoms with Crippen LogP contribution in [0.15, 0.2) is 24.3 Å². The minimum Gasteiger partial charge on any atom is -0.335 e. The highest BCUT2D eigenvalue weighted by Crippen LogP contribution is 2.34. The Morgan fingerprint density at radius 1 is 1.15 bits per heavy atom. The highest BCUT2D eigenvalue weighted by molar-refractivity contribution is 7.19. The van der Waals surface area contributed by atoms with Crippen molar-refractivity contribution in [3.05, 3.63) is 29.3 Å². The van der Waals surface area contributed by atoms with Gasteiger partial charge in [-0.1, -0.05) is 22.9 Å². The van der Waals surface area contributed by atoms with E-state index >= 15 is 0 Å². The van der Waals surface area contributed by atoms with Crippen LogP contribution in [0, 0.1) is 0 Å². The zero-order chi connectivity index (χ0) is 18.1. The fourth-order valence-electron chi connectivity index (χ4n) is 3.31. The van der Waals surface area contributed by atoms with Gasteiger partial charge < -0.3 is 10.2 Å². The number of rotatable bonds is 4. The summed E-state index contributed by atoms with van der Waals surface area (Å²) in [7, 11) is 0. The molecule has 3 heterocycles. The lowest BCUT2D eigenvalue weighted by Crippen LogP contribution is -2.39. The van der Waals surface area contributed by atoms with Crippen LogP contribution in [0.5, 0.6) is 0 Å². The first kappa shape index (κ1) is 17.2. The fourth-order valence-corrected chi connectivity index (χ4v) is 4.40. The number of nitrogens with one attached hydrogen (secondary N) is 1. The van der Waals surface area contributed by atoms with E-state index in [1.54, 1.807) is 29.2 Å². The van der Waals surface area contributed by atoms with Gasteiger partial charge in [-0.05, 0) is 43.5 Å². The number of halogens is 1. The summed E-state index contributed by atoms with van der Waals surface area (Å²) >= 11 is 7.25. The molecular weight excluding hydrogens is 374 g/mol. The molecule has 1 aromatic heterocycles. The van der Waals surface area contributed by atoms with Crippen molar-refractivity contribution in [3.8, 4) is 0 Å². The van der Waals surface area contributed by atoms with Crippen LogP contribution in [-0.4, -0.2) is 41.1 Å². The lowest BCUT2D eigenvalue weighted by atomic mass is 10.2. The van der Waals surface area contributed by atoms with Crippen molar-refractivity contribution < 1.29 is 9.59 Å². The molecule has 2 fully saturated rings. The molecule has 1 aromatic carbocycles. The molecule has 2 amide bonds. The normalized spacial score (nSPS) is 20.0. The van der Waals surface area contributed by atoms with Gasteiger partial charge in [-0.2, -0.15) is 0 Å². The van der Waals surface area contributed by atoms with Crippen molar-refractivity contribution in [2.75, 3.05) is 28.2 Å². The van der Waals surface area contributed by atoms with Gasteiger partial charge in [-0.3, -0.25) is 14.5 Å². The fraction of sp³-hybridized carbons (Fsp3) is 0.412. The predicted molar refractivity (Wildman–Crippen MR) is 102 cm³/mol. The molecule has 4 rings (SSSR count). The second kappa shape index (κ2) is 7.20. The van der Waals surface area contributed by atoms with Gasteiger partial charge in [0.1, 0.15) is 6.04 Å². The Kier molecular flexibility index (Phi) is 4.78. The third kappa shape index (κ3) is 3.39. The van der Waals surface area contributed by atoms with Crippen LogP contribution in [-0.2, 0) is 9.59 Å². The topological polar surface area (TPSA) is 78.4 Å². The molecule has 2 aromatic rings. The molecule has 2 saturated heterocycles. The van der Waals surface area contributed by atoms with Crippen LogP contribution in [0.2, 0.25) is 5.02 Å². The first-order chi connectivity index (χ1) is 12.6. The van der Waals surface area contributed by atoms with E-state index in [2.05, 4.69) is 15.5 Å². The molecule has 9 heteroatoms. The number of carbonyl (C=O) groups is 2. The SMILES string of the molecule is O=C(Nc1ccc(Cl)cc1)[C@@H]1CCCN1c1nnc(N2CCCC2=O)s1. The molecule has 2 aliphatic rings. The van der Waals surface area contributed by atoms with E-state index < -0.39 is 0 Å². The molecule has 1 N–H and O–H groups in total. The smallest absolute Gasteiger partial charge is 0.247 e. The van der Waals surface area contributed by atoms with E-state index in [0.29, 0.717) is 33.9 Å². The number of hydrogen-bond donors (Lipinski definition) is 1. The Labute approximate surface area is 160 Å². The first-order valence-corrected chi connectivity index (χ1v) is 9.78. The average molecular weight is 392 g/mol. The molecule has 1 atom stereocenters. The number of hydrogen-bond acceptors (Lipinski definition) is 6.